The number of fused-ring (bicyclic) bond motifs is 1. The fourth-order valence-electron chi connectivity index (χ4n) is 2.88. The third-order valence-corrected chi connectivity index (χ3v) is 4.27. The number of rotatable bonds is 6. The SMILES string of the molecule is CCn1nc(C(=O)NCCc2cccc(OC)c2)c(=O)c2cc(F)ccc21. The number of carbonyl (C=O) groups is 1. The van der Waals surface area contributed by atoms with E-state index in [4.69, 9.17) is 4.74 Å². The predicted molar refractivity (Wildman–Crippen MR) is 101 cm³/mol. The minimum Gasteiger partial charge on any atom is -0.497 e. The van der Waals surface area contributed by atoms with Crippen molar-refractivity contribution in [2.45, 2.75) is 19.9 Å². The van der Waals surface area contributed by atoms with Gasteiger partial charge in [0.25, 0.3) is 5.91 Å². The lowest BCUT2D eigenvalue weighted by Gasteiger charge is -2.11. The number of halogens is 1. The molecule has 2 aromatic carbocycles. The lowest BCUT2D eigenvalue weighted by atomic mass is 10.1. The summed E-state index contributed by atoms with van der Waals surface area (Å²) in [4.78, 5) is 25.1. The molecule has 0 aliphatic rings. The third kappa shape index (κ3) is 3.97. The van der Waals surface area contributed by atoms with E-state index in [0.29, 0.717) is 25.0 Å². The van der Waals surface area contributed by atoms with Gasteiger partial charge in [0.15, 0.2) is 5.69 Å². The Morgan fingerprint density at radius 2 is 2.07 bits per heavy atom. The zero-order valence-electron chi connectivity index (χ0n) is 15.2. The molecule has 140 valence electrons. The minimum atomic E-state index is -0.576. The smallest absolute Gasteiger partial charge is 0.275 e. The summed E-state index contributed by atoms with van der Waals surface area (Å²) in [5, 5.41) is 7.00. The zero-order chi connectivity index (χ0) is 19.4. The molecule has 0 spiro atoms. The van der Waals surface area contributed by atoms with E-state index in [0.717, 1.165) is 17.4 Å². The van der Waals surface area contributed by atoms with Crippen LogP contribution in [0, 0.1) is 5.82 Å². The van der Waals surface area contributed by atoms with Crippen molar-refractivity contribution in [2.75, 3.05) is 13.7 Å². The molecular weight excluding hydrogens is 349 g/mol. The maximum absolute atomic E-state index is 13.6. The van der Waals surface area contributed by atoms with Crippen LogP contribution in [0.3, 0.4) is 0 Å². The second-order valence-electron chi connectivity index (χ2n) is 6.01. The highest BCUT2D eigenvalue weighted by Crippen LogP contribution is 2.13. The Morgan fingerprint density at radius 1 is 1.26 bits per heavy atom. The maximum atomic E-state index is 13.6. The molecule has 0 saturated heterocycles. The number of aryl methyl sites for hydroxylation is 1. The normalized spacial score (nSPS) is 10.8. The van der Waals surface area contributed by atoms with Gasteiger partial charge in [0.05, 0.1) is 18.0 Å². The molecule has 0 radical (unpaired) electrons. The van der Waals surface area contributed by atoms with Crippen molar-refractivity contribution >= 4 is 16.8 Å². The van der Waals surface area contributed by atoms with Crippen LogP contribution in [-0.4, -0.2) is 29.3 Å². The van der Waals surface area contributed by atoms with E-state index < -0.39 is 17.2 Å². The molecule has 3 aromatic rings. The number of aromatic nitrogens is 2. The monoisotopic (exact) mass is 369 g/mol. The van der Waals surface area contributed by atoms with Crippen LogP contribution < -0.4 is 15.5 Å². The van der Waals surface area contributed by atoms with Gasteiger partial charge in [-0.3, -0.25) is 14.3 Å². The van der Waals surface area contributed by atoms with Gasteiger partial charge >= 0.3 is 0 Å². The first-order valence-corrected chi connectivity index (χ1v) is 8.65. The quantitative estimate of drug-likeness (QED) is 0.725. The van der Waals surface area contributed by atoms with Gasteiger partial charge in [-0.2, -0.15) is 5.10 Å². The summed E-state index contributed by atoms with van der Waals surface area (Å²) in [5.74, 6) is -0.364. The van der Waals surface area contributed by atoms with Crippen LogP contribution >= 0.6 is 0 Å². The number of ether oxygens (including phenoxy) is 1. The molecule has 27 heavy (non-hydrogen) atoms. The number of carbonyl (C=O) groups excluding carboxylic acids is 1. The van der Waals surface area contributed by atoms with Crippen LogP contribution in [0.15, 0.2) is 47.3 Å². The van der Waals surface area contributed by atoms with E-state index in [2.05, 4.69) is 10.4 Å². The Kier molecular flexibility index (Phi) is 5.49. The van der Waals surface area contributed by atoms with Gasteiger partial charge < -0.3 is 10.1 Å². The molecule has 1 amide bonds. The van der Waals surface area contributed by atoms with Crippen molar-refractivity contribution in [3.05, 3.63) is 69.8 Å². The number of nitrogens with zero attached hydrogens (tertiary/aromatic N) is 2. The van der Waals surface area contributed by atoms with Gasteiger partial charge in [-0.25, -0.2) is 4.39 Å². The number of amides is 1. The van der Waals surface area contributed by atoms with E-state index in [1.807, 2.05) is 31.2 Å². The average molecular weight is 369 g/mol. The van der Waals surface area contributed by atoms with E-state index in [9.17, 15) is 14.0 Å². The van der Waals surface area contributed by atoms with Gasteiger partial charge in [-0.05, 0) is 49.2 Å². The molecule has 1 aromatic heterocycles. The summed E-state index contributed by atoms with van der Waals surface area (Å²) >= 11 is 0. The van der Waals surface area contributed by atoms with Crippen LogP contribution in [0.5, 0.6) is 5.75 Å². The molecule has 0 atom stereocenters. The van der Waals surface area contributed by atoms with Crippen LogP contribution in [0.4, 0.5) is 4.39 Å². The van der Waals surface area contributed by atoms with Gasteiger partial charge in [-0.1, -0.05) is 12.1 Å². The van der Waals surface area contributed by atoms with Crippen LogP contribution in [-0.2, 0) is 13.0 Å². The van der Waals surface area contributed by atoms with Crippen molar-refractivity contribution in [3.8, 4) is 5.75 Å². The summed E-state index contributed by atoms with van der Waals surface area (Å²) in [6.45, 7) is 2.62. The molecular formula is C20H20FN3O3. The largest absolute Gasteiger partial charge is 0.497 e. The molecule has 6 nitrogen and oxygen atoms in total. The Hall–Kier alpha value is -3.22. The highest BCUT2D eigenvalue weighted by molar-refractivity contribution is 5.95. The van der Waals surface area contributed by atoms with Crippen LogP contribution in [0.2, 0.25) is 0 Å². The number of hydrogen-bond donors (Lipinski definition) is 1. The first-order chi connectivity index (χ1) is 13.0. The summed E-state index contributed by atoms with van der Waals surface area (Å²) < 4.78 is 20.3. The van der Waals surface area contributed by atoms with Crippen LogP contribution in [0.25, 0.3) is 10.9 Å². The fraction of sp³-hybridized carbons (Fsp3) is 0.250. The standard InChI is InChI=1S/C20H20FN3O3/c1-3-24-17-8-7-14(21)12-16(17)19(25)18(23-24)20(26)22-10-9-13-5-4-6-15(11-13)27-2/h4-8,11-12H,3,9-10H2,1-2H3,(H,22,26). The van der Waals surface area contributed by atoms with E-state index in [1.165, 1.54) is 16.8 Å². The molecule has 7 heteroatoms. The van der Waals surface area contributed by atoms with Crippen molar-refractivity contribution in [3.63, 3.8) is 0 Å². The fourth-order valence-corrected chi connectivity index (χ4v) is 2.88. The average Bonchev–Trinajstić information content (AvgIpc) is 2.68. The molecule has 0 aliphatic carbocycles. The van der Waals surface area contributed by atoms with Gasteiger partial charge in [0.2, 0.25) is 5.43 Å². The van der Waals surface area contributed by atoms with Gasteiger partial charge in [0, 0.05) is 13.1 Å². The summed E-state index contributed by atoms with van der Waals surface area (Å²) in [6, 6.07) is 11.4. The van der Waals surface area contributed by atoms with E-state index in [1.54, 1.807) is 7.11 Å². The Balaban J connectivity index is 1.81. The Labute approximate surface area is 155 Å². The predicted octanol–water partition coefficient (Wildman–Crippen LogP) is 2.54. The number of nitrogens with one attached hydrogen (secondary N) is 1. The highest BCUT2D eigenvalue weighted by atomic mass is 19.1. The zero-order valence-corrected chi connectivity index (χ0v) is 15.2. The lowest BCUT2D eigenvalue weighted by Crippen LogP contribution is -2.33. The molecule has 3 rings (SSSR count). The summed E-state index contributed by atoms with van der Waals surface area (Å²) in [6.07, 6.45) is 0.577. The second-order valence-corrected chi connectivity index (χ2v) is 6.01. The second kappa shape index (κ2) is 7.99. The molecule has 0 unspecified atom stereocenters. The highest BCUT2D eigenvalue weighted by Gasteiger charge is 2.17. The van der Waals surface area contributed by atoms with E-state index >= 15 is 0 Å². The van der Waals surface area contributed by atoms with Gasteiger partial charge in [-0.15, -0.1) is 0 Å². The van der Waals surface area contributed by atoms with Crippen molar-refractivity contribution in [2.24, 2.45) is 0 Å². The number of hydrogen-bond acceptors (Lipinski definition) is 4. The molecule has 0 bridgehead atoms. The minimum absolute atomic E-state index is 0.143. The molecule has 0 saturated carbocycles. The number of benzene rings is 2. The first kappa shape index (κ1) is 18.6. The third-order valence-electron chi connectivity index (χ3n) is 4.27. The van der Waals surface area contributed by atoms with Crippen molar-refractivity contribution in [1.82, 2.24) is 15.1 Å². The Morgan fingerprint density at radius 3 is 2.81 bits per heavy atom. The number of methoxy groups -OCH3 is 1. The lowest BCUT2D eigenvalue weighted by molar-refractivity contribution is 0.0946. The Bertz CT molecular complexity index is 1050. The van der Waals surface area contributed by atoms with Crippen LogP contribution in [0.1, 0.15) is 23.0 Å². The van der Waals surface area contributed by atoms with Gasteiger partial charge in [0.1, 0.15) is 11.6 Å². The first-order valence-electron chi connectivity index (χ1n) is 8.65. The maximum Gasteiger partial charge on any atom is 0.275 e. The van der Waals surface area contributed by atoms with E-state index in [-0.39, 0.29) is 11.1 Å². The van der Waals surface area contributed by atoms with Crippen molar-refractivity contribution in [1.29, 1.82) is 0 Å². The van der Waals surface area contributed by atoms with Crippen molar-refractivity contribution < 1.29 is 13.9 Å². The molecule has 1 heterocycles. The molecule has 1 N–H and O–H groups in total. The topological polar surface area (TPSA) is 73.2 Å². The molecule has 0 aliphatic heterocycles. The molecule has 0 fully saturated rings. The summed E-state index contributed by atoms with van der Waals surface area (Å²) in [7, 11) is 1.59. The summed E-state index contributed by atoms with van der Waals surface area (Å²) in [5.41, 5.74) is 0.680.